The molecule has 0 bridgehead atoms. The maximum Gasteiger partial charge on any atom is 0.151 e. The van der Waals surface area contributed by atoms with Gasteiger partial charge in [-0.3, -0.25) is 0 Å². The van der Waals surface area contributed by atoms with Crippen LogP contribution in [0.3, 0.4) is 0 Å². The van der Waals surface area contributed by atoms with Crippen molar-refractivity contribution in [1.82, 2.24) is 4.98 Å². The molecule has 0 aliphatic carbocycles. The van der Waals surface area contributed by atoms with Crippen LogP contribution in [0, 0.1) is 5.41 Å². The van der Waals surface area contributed by atoms with E-state index < -0.39 is 9.84 Å². The van der Waals surface area contributed by atoms with E-state index in [1.165, 1.54) is 11.8 Å². The Morgan fingerprint density at radius 2 is 1.88 bits per heavy atom. The molecule has 1 aromatic heterocycles. The minimum Gasteiger partial charge on any atom is -0.355 e. The monoisotopic (exact) mass is 344 g/mol. The smallest absolute Gasteiger partial charge is 0.151 e. The van der Waals surface area contributed by atoms with Gasteiger partial charge in [0.2, 0.25) is 0 Å². The lowest BCUT2D eigenvalue weighted by atomic mass is 9.78. The molecule has 2 aromatic rings. The first-order valence-corrected chi connectivity index (χ1v) is 10.2. The second-order valence-corrected chi connectivity index (χ2v) is 9.57. The van der Waals surface area contributed by atoms with Crippen molar-refractivity contribution < 1.29 is 8.42 Å². The van der Waals surface area contributed by atoms with Crippen LogP contribution in [0.2, 0.25) is 0 Å². The van der Waals surface area contributed by atoms with Crippen molar-refractivity contribution in [2.45, 2.75) is 25.5 Å². The molecule has 1 atom stereocenters. The van der Waals surface area contributed by atoms with Crippen molar-refractivity contribution in [3.05, 3.63) is 59.8 Å². The first-order chi connectivity index (χ1) is 11.2. The molecule has 0 spiro atoms. The summed E-state index contributed by atoms with van der Waals surface area (Å²) < 4.78 is 22.8. The van der Waals surface area contributed by atoms with E-state index >= 15 is 0 Å². The average Bonchev–Trinajstić information content (AvgIpc) is 2.83. The summed E-state index contributed by atoms with van der Waals surface area (Å²) in [5, 5.41) is 0. The van der Waals surface area contributed by atoms with Crippen LogP contribution in [0.5, 0.6) is 0 Å². The molecule has 0 N–H and O–H groups in total. The predicted molar refractivity (Wildman–Crippen MR) is 98.0 cm³/mol. The zero-order valence-electron chi connectivity index (χ0n) is 14.4. The Kier molecular flexibility index (Phi) is 4.38. The topological polar surface area (TPSA) is 50.3 Å². The number of sulfone groups is 1. The van der Waals surface area contributed by atoms with Crippen molar-refractivity contribution in [3.63, 3.8) is 0 Å². The van der Waals surface area contributed by atoms with Crippen LogP contribution in [0.15, 0.2) is 48.7 Å². The molecule has 1 saturated heterocycles. The first kappa shape index (κ1) is 17.0. The number of pyridine rings is 1. The summed E-state index contributed by atoms with van der Waals surface area (Å²) in [4.78, 5) is 6.79. The van der Waals surface area contributed by atoms with Crippen molar-refractivity contribution in [1.29, 1.82) is 0 Å². The van der Waals surface area contributed by atoms with E-state index in [-0.39, 0.29) is 11.2 Å². The van der Waals surface area contributed by atoms with Gasteiger partial charge >= 0.3 is 0 Å². The highest BCUT2D eigenvalue weighted by molar-refractivity contribution is 7.89. The third-order valence-corrected chi connectivity index (χ3v) is 5.57. The van der Waals surface area contributed by atoms with Gasteiger partial charge in [0.15, 0.2) is 9.84 Å². The first-order valence-electron chi connectivity index (χ1n) is 8.17. The third-order valence-electron chi connectivity index (χ3n) is 4.71. The van der Waals surface area contributed by atoms with Gasteiger partial charge in [0.25, 0.3) is 0 Å². The molecule has 24 heavy (non-hydrogen) atoms. The SMILES string of the molecule is CC1(C)CN(c2ccc(CS(C)(=O)=O)cn2)C[C@@H]1c1ccccc1. The van der Waals surface area contributed by atoms with E-state index in [0.29, 0.717) is 5.92 Å². The van der Waals surface area contributed by atoms with Crippen molar-refractivity contribution in [2.75, 3.05) is 24.2 Å². The van der Waals surface area contributed by atoms with E-state index in [4.69, 9.17) is 0 Å². The van der Waals surface area contributed by atoms with Gasteiger partial charge in [-0.15, -0.1) is 0 Å². The maximum atomic E-state index is 11.4. The number of anilines is 1. The van der Waals surface area contributed by atoms with E-state index in [1.807, 2.05) is 18.2 Å². The number of nitrogens with zero attached hydrogens (tertiary/aromatic N) is 2. The number of hydrogen-bond donors (Lipinski definition) is 0. The van der Waals surface area contributed by atoms with Crippen LogP contribution in [0.4, 0.5) is 5.82 Å². The summed E-state index contributed by atoms with van der Waals surface area (Å²) in [6.45, 7) is 6.45. The van der Waals surface area contributed by atoms with Gasteiger partial charge in [-0.05, 0) is 22.6 Å². The third kappa shape index (κ3) is 3.78. The van der Waals surface area contributed by atoms with E-state index in [9.17, 15) is 8.42 Å². The largest absolute Gasteiger partial charge is 0.355 e. The second kappa shape index (κ2) is 6.20. The Bertz CT molecular complexity index is 799. The van der Waals surface area contributed by atoms with Gasteiger partial charge in [-0.1, -0.05) is 50.2 Å². The Balaban J connectivity index is 1.79. The molecular weight excluding hydrogens is 320 g/mol. The molecule has 2 heterocycles. The molecule has 4 nitrogen and oxygen atoms in total. The van der Waals surface area contributed by atoms with Crippen LogP contribution in [-0.4, -0.2) is 32.7 Å². The van der Waals surface area contributed by atoms with Crippen molar-refractivity contribution >= 4 is 15.7 Å². The molecule has 0 saturated carbocycles. The summed E-state index contributed by atoms with van der Waals surface area (Å²) in [6, 6.07) is 14.4. The molecule has 5 heteroatoms. The summed E-state index contributed by atoms with van der Waals surface area (Å²) >= 11 is 0. The van der Waals surface area contributed by atoms with E-state index in [2.05, 4.69) is 48.0 Å². The van der Waals surface area contributed by atoms with Crippen LogP contribution in [0.1, 0.15) is 30.9 Å². The zero-order chi connectivity index (χ0) is 17.4. The van der Waals surface area contributed by atoms with Gasteiger partial charge in [0.05, 0.1) is 5.75 Å². The highest BCUT2D eigenvalue weighted by Crippen LogP contribution is 2.43. The molecule has 1 fully saturated rings. The molecule has 128 valence electrons. The van der Waals surface area contributed by atoms with Gasteiger partial charge in [0.1, 0.15) is 5.82 Å². The number of hydrogen-bond acceptors (Lipinski definition) is 4. The molecule has 1 aromatic carbocycles. The summed E-state index contributed by atoms with van der Waals surface area (Å²) in [7, 11) is -3.03. The normalized spacial score (nSPS) is 20.3. The fourth-order valence-electron chi connectivity index (χ4n) is 3.54. The van der Waals surface area contributed by atoms with Gasteiger partial charge < -0.3 is 4.90 Å². The minimum atomic E-state index is -3.03. The second-order valence-electron chi connectivity index (χ2n) is 7.43. The number of benzene rings is 1. The summed E-state index contributed by atoms with van der Waals surface area (Å²) in [6.07, 6.45) is 2.92. The molecule has 1 aliphatic heterocycles. The molecule has 1 aliphatic rings. The highest BCUT2D eigenvalue weighted by Gasteiger charge is 2.40. The number of rotatable bonds is 4. The van der Waals surface area contributed by atoms with Gasteiger partial charge in [0, 0.05) is 31.5 Å². The van der Waals surface area contributed by atoms with Crippen LogP contribution in [0.25, 0.3) is 0 Å². The Labute approximate surface area is 144 Å². The standard InChI is InChI=1S/C19H24N2O2S/c1-19(2)14-21(12-17(19)16-7-5-4-6-8-16)18-10-9-15(11-20-18)13-24(3,22)23/h4-11,17H,12-14H2,1-3H3/t17-/m1/s1. The quantitative estimate of drug-likeness (QED) is 0.854. The number of aromatic nitrogens is 1. The lowest BCUT2D eigenvalue weighted by molar-refractivity contribution is 0.365. The Morgan fingerprint density at radius 3 is 2.46 bits per heavy atom. The highest BCUT2D eigenvalue weighted by atomic mass is 32.2. The summed E-state index contributed by atoms with van der Waals surface area (Å²) in [5.41, 5.74) is 2.26. The molecule has 0 amide bonds. The lowest BCUT2D eigenvalue weighted by Gasteiger charge is -2.25. The molecule has 0 radical (unpaired) electrons. The predicted octanol–water partition coefficient (Wildman–Crippen LogP) is 3.26. The van der Waals surface area contributed by atoms with Gasteiger partial charge in [-0.25, -0.2) is 13.4 Å². The van der Waals surface area contributed by atoms with Crippen LogP contribution in [-0.2, 0) is 15.6 Å². The zero-order valence-corrected chi connectivity index (χ0v) is 15.3. The fraction of sp³-hybridized carbons (Fsp3) is 0.421. The molecule has 3 rings (SSSR count). The van der Waals surface area contributed by atoms with E-state index in [1.54, 1.807) is 6.20 Å². The lowest BCUT2D eigenvalue weighted by Crippen LogP contribution is -2.23. The molecular formula is C19H24N2O2S. The minimum absolute atomic E-state index is 0.0401. The maximum absolute atomic E-state index is 11.4. The van der Waals surface area contributed by atoms with E-state index in [0.717, 1.165) is 24.5 Å². The Hall–Kier alpha value is -1.88. The van der Waals surface area contributed by atoms with Crippen LogP contribution >= 0.6 is 0 Å². The fourth-order valence-corrected chi connectivity index (χ4v) is 4.32. The Morgan fingerprint density at radius 1 is 1.17 bits per heavy atom. The van der Waals surface area contributed by atoms with Crippen molar-refractivity contribution in [3.8, 4) is 0 Å². The van der Waals surface area contributed by atoms with Gasteiger partial charge in [-0.2, -0.15) is 0 Å². The van der Waals surface area contributed by atoms with Crippen molar-refractivity contribution in [2.24, 2.45) is 5.41 Å². The van der Waals surface area contributed by atoms with Crippen LogP contribution < -0.4 is 4.90 Å². The summed E-state index contributed by atoms with van der Waals surface area (Å²) in [5.74, 6) is 1.41. The molecule has 0 unspecified atom stereocenters. The average molecular weight is 344 g/mol.